The van der Waals surface area contributed by atoms with Gasteiger partial charge in [-0.15, -0.1) is 0 Å². The summed E-state index contributed by atoms with van der Waals surface area (Å²) in [5, 5.41) is 10.1. The highest BCUT2D eigenvalue weighted by atomic mass is 16.5. The molecule has 2 aliphatic rings. The molecule has 4 heteroatoms. The van der Waals surface area contributed by atoms with Crippen LogP contribution in [0.5, 0.6) is 11.5 Å². The van der Waals surface area contributed by atoms with Gasteiger partial charge in [0.1, 0.15) is 23.0 Å². The highest BCUT2D eigenvalue weighted by Gasteiger charge is 2.35. The number of rotatable bonds is 6. The zero-order chi connectivity index (χ0) is 21.3. The third-order valence-corrected chi connectivity index (χ3v) is 5.79. The van der Waals surface area contributed by atoms with E-state index in [2.05, 4.69) is 34.6 Å². The standard InChI is InChI=1S/C25H32O4/c1-7-16(8-2)14-28-18-9-10-19-17(11-20-23(26)15(3)24(20)27)12-22(25(4,5)6)29-21(19)13-18/h9-13,15-16,26H,7-8,14H2,1-6H3/b17-11+. The fraction of sp³-hybridized carbons (Fsp3) is 0.480. The molecule has 0 fully saturated rings. The Balaban J connectivity index is 1.97. The van der Waals surface area contributed by atoms with Gasteiger partial charge < -0.3 is 14.6 Å². The van der Waals surface area contributed by atoms with Crippen molar-refractivity contribution in [3.63, 3.8) is 0 Å². The monoisotopic (exact) mass is 396 g/mol. The molecule has 1 unspecified atom stereocenters. The Hall–Kier alpha value is -2.49. The van der Waals surface area contributed by atoms with Gasteiger partial charge in [-0.1, -0.05) is 47.5 Å². The summed E-state index contributed by atoms with van der Waals surface area (Å²) in [5.41, 5.74) is 1.94. The fourth-order valence-electron chi connectivity index (χ4n) is 3.45. The molecule has 0 bridgehead atoms. The summed E-state index contributed by atoms with van der Waals surface area (Å²) in [4.78, 5) is 12.2. The van der Waals surface area contributed by atoms with E-state index in [0.717, 1.165) is 35.5 Å². The third kappa shape index (κ3) is 4.26. The molecule has 0 radical (unpaired) electrons. The number of ether oxygens (including phenoxy) is 2. The molecule has 1 aliphatic carbocycles. The Morgan fingerprint density at radius 3 is 2.52 bits per heavy atom. The number of aliphatic hydroxyl groups excluding tert-OH is 1. The van der Waals surface area contributed by atoms with Crippen molar-refractivity contribution in [2.45, 2.75) is 54.4 Å². The lowest BCUT2D eigenvalue weighted by atomic mass is 9.81. The maximum atomic E-state index is 12.2. The fourth-order valence-corrected chi connectivity index (χ4v) is 3.45. The van der Waals surface area contributed by atoms with Crippen LogP contribution in [0.25, 0.3) is 5.57 Å². The Bertz CT molecular complexity index is 892. The first-order valence-electron chi connectivity index (χ1n) is 10.5. The van der Waals surface area contributed by atoms with Crippen molar-refractivity contribution in [1.82, 2.24) is 0 Å². The number of allylic oxidation sites excluding steroid dienone is 6. The number of hydrogen-bond donors (Lipinski definition) is 1. The third-order valence-electron chi connectivity index (χ3n) is 5.79. The van der Waals surface area contributed by atoms with Crippen LogP contribution in [0.4, 0.5) is 0 Å². The van der Waals surface area contributed by atoms with Gasteiger partial charge >= 0.3 is 0 Å². The van der Waals surface area contributed by atoms with Crippen LogP contribution in [-0.4, -0.2) is 17.5 Å². The van der Waals surface area contributed by atoms with Gasteiger partial charge in [0.2, 0.25) is 0 Å². The predicted octanol–water partition coefficient (Wildman–Crippen LogP) is 6.24. The molecule has 0 aromatic heterocycles. The van der Waals surface area contributed by atoms with E-state index in [0.29, 0.717) is 23.8 Å². The second-order valence-electron chi connectivity index (χ2n) is 9.00. The smallest absolute Gasteiger partial charge is 0.176 e. The average Bonchev–Trinajstić information content (AvgIpc) is 2.70. The van der Waals surface area contributed by atoms with Crippen molar-refractivity contribution >= 4 is 11.4 Å². The van der Waals surface area contributed by atoms with E-state index >= 15 is 0 Å². The Kier molecular flexibility index (Phi) is 5.92. The lowest BCUT2D eigenvalue weighted by Gasteiger charge is -2.30. The largest absolute Gasteiger partial charge is 0.511 e. The van der Waals surface area contributed by atoms with Gasteiger partial charge in [0.15, 0.2) is 5.78 Å². The molecule has 1 aliphatic heterocycles. The van der Waals surface area contributed by atoms with E-state index in [1.54, 1.807) is 13.0 Å². The molecule has 1 N–H and O–H groups in total. The number of carbonyl (C=O) groups excluding carboxylic acids is 1. The Morgan fingerprint density at radius 2 is 1.93 bits per heavy atom. The minimum Gasteiger partial charge on any atom is -0.511 e. The number of carbonyl (C=O) groups is 1. The van der Waals surface area contributed by atoms with Crippen molar-refractivity contribution in [3.05, 3.63) is 53.0 Å². The quantitative estimate of drug-likeness (QED) is 0.618. The molecule has 1 aromatic carbocycles. The van der Waals surface area contributed by atoms with Crippen molar-refractivity contribution in [1.29, 1.82) is 0 Å². The number of fused-ring (bicyclic) bond motifs is 1. The first-order chi connectivity index (χ1) is 13.7. The van der Waals surface area contributed by atoms with E-state index in [1.165, 1.54) is 0 Å². The molecular formula is C25H32O4. The molecule has 29 heavy (non-hydrogen) atoms. The van der Waals surface area contributed by atoms with Gasteiger partial charge in [-0.05, 0) is 42.7 Å². The van der Waals surface area contributed by atoms with E-state index < -0.39 is 5.92 Å². The molecule has 1 aromatic rings. The predicted molar refractivity (Wildman–Crippen MR) is 116 cm³/mol. The maximum Gasteiger partial charge on any atom is 0.176 e. The number of aliphatic hydroxyl groups is 1. The Morgan fingerprint density at radius 1 is 1.24 bits per heavy atom. The number of benzene rings is 1. The van der Waals surface area contributed by atoms with Crippen LogP contribution in [0.1, 0.15) is 59.9 Å². The molecular weight excluding hydrogens is 364 g/mol. The van der Waals surface area contributed by atoms with E-state index in [-0.39, 0.29) is 17.0 Å². The van der Waals surface area contributed by atoms with Gasteiger partial charge in [-0.3, -0.25) is 4.79 Å². The SMILES string of the molecule is CCC(CC)COc1ccc2c(c1)OC(C(C)(C)C)=C/C2=C\C1=C(O)C(C)C1=O. The topological polar surface area (TPSA) is 55.8 Å². The lowest BCUT2D eigenvalue weighted by molar-refractivity contribution is -0.121. The molecule has 1 heterocycles. The van der Waals surface area contributed by atoms with Crippen molar-refractivity contribution in [3.8, 4) is 11.5 Å². The summed E-state index contributed by atoms with van der Waals surface area (Å²) < 4.78 is 12.2. The van der Waals surface area contributed by atoms with Crippen LogP contribution in [-0.2, 0) is 4.79 Å². The van der Waals surface area contributed by atoms with E-state index in [9.17, 15) is 9.90 Å². The van der Waals surface area contributed by atoms with Crippen LogP contribution in [0, 0.1) is 17.3 Å². The number of Topliss-reactive ketones (excluding diaryl/α,β-unsaturated/α-hetero) is 1. The molecule has 3 rings (SSSR count). The van der Waals surface area contributed by atoms with Gasteiger partial charge in [0.25, 0.3) is 0 Å². The normalized spacial score (nSPS) is 20.4. The van der Waals surface area contributed by atoms with Crippen LogP contribution in [0.2, 0.25) is 0 Å². The summed E-state index contributed by atoms with van der Waals surface area (Å²) >= 11 is 0. The summed E-state index contributed by atoms with van der Waals surface area (Å²) in [5.74, 6) is 2.56. The molecule has 0 saturated carbocycles. The number of hydrogen-bond acceptors (Lipinski definition) is 4. The highest BCUT2D eigenvalue weighted by molar-refractivity contribution is 6.09. The molecule has 4 nitrogen and oxygen atoms in total. The zero-order valence-corrected chi connectivity index (χ0v) is 18.3. The van der Waals surface area contributed by atoms with Crippen LogP contribution >= 0.6 is 0 Å². The first-order valence-corrected chi connectivity index (χ1v) is 10.5. The minimum atomic E-state index is -0.409. The second kappa shape index (κ2) is 8.10. The van der Waals surface area contributed by atoms with E-state index in [4.69, 9.17) is 9.47 Å². The summed E-state index contributed by atoms with van der Waals surface area (Å²) in [6, 6.07) is 5.82. The molecule has 0 saturated heterocycles. The minimum absolute atomic E-state index is 0.0288. The van der Waals surface area contributed by atoms with Crippen molar-refractivity contribution in [2.75, 3.05) is 6.61 Å². The van der Waals surface area contributed by atoms with Gasteiger partial charge in [-0.25, -0.2) is 0 Å². The van der Waals surface area contributed by atoms with Crippen molar-refractivity contribution in [2.24, 2.45) is 17.3 Å². The van der Waals surface area contributed by atoms with Gasteiger partial charge in [-0.2, -0.15) is 0 Å². The van der Waals surface area contributed by atoms with Crippen molar-refractivity contribution < 1.29 is 19.4 Å². The zero-order valence-electron chi connectivity index (χ0n) is 18.3. The maximum absolute atomic E-state index is 12.2. The van der Waals surface area contributed by atoms with E-state index in [1.807, 2.05) is 24.3 Å². The number of ketones is 1. The lowest BCUT2D eigenvalue weighted by Crippen LogP contribution is -2.28. The first kappa shape index (κ1) is 21.2. The highest BCUT2D eigenvalue weighted by Crippen LogP contribution is 2.43. The molecule has 0 amide bonds. The van der Waals surface area contributed by atoms with Crippen LogP contribution in [0.3, 0.4) is 0 Å². The summed E-state index contributed by atoms with van der Waals surface area (Å²) in [6.07, 6.45) is 5.92. The van der Waals surface area contributed by atoms with Crippen LogP contribution in [0.15, 0.2) is 47.4 Å². The second-order valence-corrected chi connectivity index (χ2v) is 9.00. The van der Waals surface area contributed by atoms with Gasteiger partial charge in [0, 0.05) is 17.0 Å². The Labute approximate surface area is 173 Å². The molecule has 1 atom stereocenters. The van der Waals surface area contributed by atoms with Gasteiger partial charge in [0.05, 0.1) is 18.1 Å². The average molecular weight is 397 g/mol. The summed E-state index contributed by atoms with van der Waals surface area (Å²) in [6.45, 7) is 13.0. The molecule has 0 spiro atoms. The summed E-state index contributed by atoms with van der Waals surface area (Å²) in [7, 11) is 0. The molecule has 156 valence electrons. The van der Waals surface area contributed by atoms with Crippen LogP contribution < -0.4 is 9.47 Å².